The van der Waals surface area contributed by atoms with E-state index in [-0.39, 0.29) is 35.5 Å². The summed E-state index contributed by atoms with van der Waals surface area (Å²) >= 11 is 6.45. The van der Waals surface area contributed by atoms with Crippen molar-refractivity contribution in [3.05, 3.63) is 130 Å². The van der Waals surface area contributed by atoms with Crippen molar-refractivity contribution in [3.63, 3.8) is 0 Å². The number of benzene rings is 4. The van der Waals surface area contributed by atoms with E-state index in [1.54, 1.807) is 36.4 Å². The minimum atomic E-state index is -4.19. The number of carbonyl (C=O) groups excluding carboxylic acids is 2. The molecule has 4 aromatic carbocycles. The van der Waals surface area contributed by atoms with Gasteiger partial charge in [-0.05, 0) is 68.1 Å². The Morgan fingerprint density at radius 2 is 1.47 bits per heavy atom. The van der Waals surface area contributed by atoms with Crippen molar-refractivity contribution in [2.24, 2.45) is 0 Å². The van der Waals surface area contributed by atoms with Gasteiger partial charge in [0.2, 0.25) is 11.8 Å². The van der Waals surface area contributed by atoms with Gasteiger partial charge in [-0.15, -0.1) is 0 Å². The summed E-state index contributed by atoms with van der Waals surface area (Å²) in [4.78, 5) is 30.0. The first-order valence-electron chi connectivity index (χ1n) is 15.0. The van der Waals surface area contributed by atoms with Gasteiger partial charge in [-0.1, -0.05) is 103 Å². The van der Waals surface area contributed by atoms with E-state index in [9.17, 15) is 18.0 Å². The zero-order chi connectivity index (χ0) is 32.6. The second kappa shape index (κ2) is 15.2. The van der Waals surface area contributed by atoms with Crippen LogP contribution in [-0.2, 0) is 32.6 Å². The highest BCUT2D eigenvalue weighted by Crippen LogP contribution is 2.29. The van der Waals surface area contributed by atoms with Gasteiger partial charge in [-0.3, -0.25) is 13.9 Å². The number of nitrogens with zero attached hydrogens (tertiary/aromatic N) is 2. The molecular formula is C36H40ClN3O4S. The molecule has 0 aliphatic carbocycles. The van der Waals surface area contributed by atoms with Crippen molar-refractivity contribution in [3.8, 4) is 0 Å². The molecular weight excluding hydrogens is 606 g/mol. The van der Waals surface area contributed by atoms with Gasteiger partial charge >= 0.3 is 0 Å². The lowest BCUT2D eigenvalue weighted by molar-refractivity contribution is -0.140. The summed E-state index contributed by atoms with van der Waals surface area (Å²) in [6.45, 7) is 7.26. The van der Waals surface area contributed by atoms with Crippen LogP contribution in [0.3, 0.4) is 0 Å². The summed E-state index contributed by atoms with van der Waals surface area (Å²) in [6.07, 6.45) is 0.968. The van der Waals surface area contributed by atoms with Crippen molar-refractivity contribution < 1.29 is 18.0 Å². The molecule has 0 aliphatic rings. The van der Waals surface area contributed by atoms with E-state index in [1.165, 1.54) is 17.0 Å². The average Bonchev–Trinajstić information content (AvgIpc) is 3.04. The summed E-state index contributed by atoms with van der Waals surface area (Å²) in [5.74, 6) is -0.823. The minimum absolute atomic E-state index is 0.0370. The lowest BCUT2D eigenvalue weighted by atomic mass is 10.0. The predicted molar refractivity (Wildman–Crippen MR) is 181 cm³/mol. The standard InChI is InChI=1S/C36H40ClN3O4S/c1-5-28(4)38-36(42)34(22-29-12-8-6-9-13-29)39(24-30-19-16-26(2)17-20-30)35(41)25-40(31-21-18-27(3)33(37)23-31)45(43,44)32-14-10-7-11-15-32/h6-21,23,28,34H,5,22,24-25H2,1-4H3,(H,38,42). The third-order valence-electron chi connectivity index (χ3n) is 7.80. The van der Waals surface area contributed by atoms with Crippen molar-refractivity contribution >= 4 is 39.1 Å². The molecule has 0 fully saturated rings. The number of carbonyl (C=O) groups is 2. The number of hydrogen-bond donors (Lipinski definition) is 1. The van der Waals surface area contributed by atoms with Gasteiger partial charge in [0.15, 0.2) is 0 Å². The Bertz CT molecular complexity index is 1700. The zero-order valence-electron chi connectivity index (χ0n) is 26.1. The lowest BCUT2D eigenvalue weighted by Crippen LogP contribution is -2.54. The quantitative estimate of drug-likeness (QED) is 0.175. The molecule has 0 heterocycles. The normalized spacial score (nSPS) is 12.6. The first kappa shape index (κ1) is 33.7. The van der Waals surface area contributed by atoms with Crippen LogP contribution >= 0.6 is 11.6 Å². The number of halogens is 1. The van der Waals surface area contributed by atoms with Crippen LogP contribution in [0.25, 0.3) is 0 Å². The Morgan fingerprint density at radius 1 is 0.844 bits per heavy atom. The van der Waals surface area contributed by atoms with Crippen molar-refractivity contribution in [1.29, 1.82) is 0 Å². The van der Waals surface area contributed by atoms with Gasteiger partial charge in [0.1, 0.15) is 12.6 Å². The van der Waals surface area contributed by atoms with Gasteiger partial charge in [-0.2, -0.15) is 0 Å². The van der Waals surface area contributed by atoms with E-state index in [0.717, 1.165) is 26.6 Å². The molecule has 0 aliphatic heterocycles. The van der Waals surface area contributed by atoms with Crippen LogP contribution in [0.5, 0.6) is 0 Å². The average molecular weight is 646 g/mol. The Morgan fingerprint density at radius 3 is 2.07 bits per heavy atom. The maximum absolute atomic E-state index is 14.5. The minimum Gasteiger partial charge on any atom is -0.352 e. The van der Waals surface area contributed by atoms with Gasteiger partial charge in [0, 0.05) is 24.0 Å². The van der Waals surface area contributed by atoms with E-state index < -0.39 is 28.5 Å². The molecule has 7 nitrogen and oxygen atoms in total. The summed E-state index contributed by atoms with van der Waals surface area (Å²) in [7, 11) is -4.19. The van der Waals surface area contributed by atoms with Gasteiger partial charge < -0.3 is 10.2 Å². The monoisotopic (exact) mass is 645 g/mol. The number of hydrogen-bond acceptors (Lipinski definition) is 4. The Labute approximate surface area is 271 Å². The molecule has 0 spiro atoms. The number of anilines is 1. The molecule has 2 atom stereocenters. The second-order valence-electron chi connectivity index (χ2n) is 11.3. The largest absolute Gasteiger partial charge is 0.352 e. The van der Waals surface area contributed by atoms with E-state index in [2.05, 4.69) is 5.32 Å². The Hall–Kier alpha value is -4.14. The van der Waals surface area contributed by atoms with E-state index in [1.807, 2.05) is 82.3 Å². The second-order valence-corrected chi connectivity index (χ2v) is 13.6. The Kier molecular flexibility index (Phi) is 11.4. The van der Waals surface area contributed by atoms with Crippen LogP contribution in [0.4, 0.5) is 5.69 Å². The van der Waals surface area contributed by atoms with Crippen LogP contribution in [0.2, 0.25) is 5.02 Å². The van der Waals surface area contributed by atoms with E-state index >= 15 is 0 Å². The van der Waals surface area contributed by atoms with Crippen molar-refractivity contribution in [1.82, 2.24) is 10.2 Å². The first-order chi connectivity index (χ1) is 21.5. The molecule has 0 aromatic heterocycles. The summed E-state index contributed by atoms with van der Waals surface area (Å²) in [6, 6.07) is 29.1. The molecule has 4 aromatic rings. The van der Waals surface area contributed by atoms with Gasteiger partial charge in [0.25, 0.3) is 10.0 Å². The molecule has 0 saturated carbocycles. The molecule has 0 bridgehead atoms. The van der Waals surface area contributed by atoms with Crippen molar-refractivity contribution in [2.75, 3.05) is 10.8 Å². The zero-order valence-corrected chi connectivity index (χ0v) is 27.7. The SMILES string of the molecule is CCC(C)NC(=O)C(Cc1ccccc1)N(Cc1ccc(C)cc1)C(=O)CN(c1ccc(C)c(Cl)c1)S(=O)(=O)c1ccccc1. The van der Waals surface area contributed by atoms with Crippen LogP contribution in [0.15, 0.2) is 108 Å². The Balaban J connectivity index is 1.81. The van der Waals surface area contributed by atoms with Gasteiger partial charge in [-0.25, -0.2) is 8.42 Å². The summed E-state index contributed by atoms with van der Waals surface area (Å²) < 4.78 is 29.3. The van der Waals surface area contributed by atoms with Crippen LogP contribution < -0.4 is 9.62 Å². The molecule has 0 saturated heterocycles. The van der Waals surface area contributed by atoms with Crippen LogP contribution in [0, 0.1) is 13.8 Å². The predicted octanol–water partition coefficient (Wildman–Crippen LogP) is 6.71. The molecule has 2 amide bonds. The van der Waals surface area contributed by atoms with Gasteiger partial charge in [0.05, 0.1) is 10.6 Å². The lowest BCUT2D eigenvalue weighted by Gasteiger charge is -2.34. The third-order valence-corrected chi connectivity index (χ3v) is 9.99. The number of aryl methyl sites for hydroxylation is 2. The topological polar surface area (TPSA) is 86.8 Å². The first-order valence-corrected chi connectivity index (χ1v) is 16.8. The third kappa shape index (κ3) is 8.74. The fourth-order valence-electron chi connectivity index (χ4n) is 4.87. The molecule has 1 N–H and O–H groups in total. The van der Waals surface area contributed by atoms with Crippen LogP contribution in [0.1, 0.15) is 42.5 Å². The number of amides is 2. The summed E-state index contributed by atoms with van der Waals surface area (Å²) in [5.41, 5.74) is 3.78. The number of nitrogens with one attached hydrogen (secondary N) is 1. The fraction of sp³-hybridized carbons (Fsp3) is 0.278. The molecule has 45 heavy (non-hydrogen) atoms. The fourth-order valence-corrected chi connectivity index (χ4v) is 6.47. The molecule has 4 rings (SSSR count). The molecule has 0 radical (unpaired) electrons. The molecule has 2 unspecified atom stereocenters. The molecule has 236 valence electrons. The summed E-state index contributed by atoms with van der Waals surface area (Å²) in [5, 5.41) is 3.43. The van der Waals surface area contributed by atoms with Crippen molar-refractivity contribution in [2.45, 2.75) is 64.1 Å². The van der Waals surface area contributed by atoms with Crippen LogP contribution in [-0.4, -0.2) is 43.8 Å². The maximum Gasteiger partial charge on any atom is 0.264 e. The molecule has 9 heteroatoms. The van der Waals surface area contributed by atoms with E-state index in [0.29, 0.717) is 11.4 Å². The number of rotatable bonds is 13. The maximum atomic E-state index is 14.5. The number of sulfonamides is 1. The smallest absolute Gasteiger partial charge is 0.264 e. The highest BCUT2D eigenvalue weighted by atomic mass is 35.5. The highest BCUT2D eigenvalue weighted by Gasteiger charge is 2.35. The van der Waals surface area contributed by atoms with E-state index in [4.69, 9.17) is 11.6 Å². The highest BCUT2D eigenvalue weighted by molar-refractivity contribution is 7.92.